The van der Waals surface area contributed by atoms with Crippen molar-refractivity contribution in [2.75, 3.05) is 17.3 Å². The zero-order valence-corrected chi connectivity index (χ0v) is 14.9. The van der Waals surface area contributed by atoms with Crippen molar-refractivity contribution < 1.29 is 4.74 Å². The quantitative estimate of drug-likeness (QED) is 0.572. The molecule has 4 aromatic rings. The lowest BCUT2D eigenvalue weighted by Gasteiger charge is -2.17. The van der Waals surface area contributed by atoms with Gasteiger partial charge in [-0.2, -0.15) is 5.10 Å². The van der Waals surface area contributed by atoms with Crippen molar-refractivity contribution in [2.24, 2.45) is 0 Å². The van der Waals surface area contributed by atoms with E-state index in [1.54, 1.807) is 7.11 Å². The molecule has 0 radical (unpaired) electrons. The van der Waals surface area contributed by atoms with E-state index in [-0.39, 0.29) is 0 Å². The minimum atomic E-state index is 0.837. The predicted molar refractivity (Wildman–Crippen MR) is 106 cm³/mol. The molecule has 27 heavy (non-hydrogen) atoms. The fraction of sp³-hybridized carbons (Fsp3) is 0.143. The molecule has 5 rings (SSSR count). The summed E-state index contributed by atoms with van der Waals surface area (Å²) in [5.74, 6) is 1.85. The van der Waals surface area contributed by atoms with Crippen LogP contribution in [0.15, 0.2) is 60.9 Å². The third kappa shape index (κ3) is 2.95. The summed E-state index contributed by atoms with van der Waals surface area (Å²) in [6, 6.07) is 16.5. The van der Waals surface area contributed by atoms with Crippen LogP contribution in [0.25, 0.3) is 10.9 Å². The van der Waals surface area contributed by atoms with E-state index in [1.165, 1.54) is 11.1 Å². The second kappa shape index (κ2) is 6.32. The number of anilines is 3. The van der Waals surface area contributed by atoms with E-state index in [1.807, 2.05) is 36.7 Å². The summed E-state index contributed by atoms with van der Waals surface area (Å²) < 4.78 is 5.34. The molecule has 0 spiro atoms. The molecule has 0 bridgehead atoms. The van der Waals surface area contributed by atoms with Gasteiger partial charge in [-0.25, -0.2) is 4.98 Å². The number of rotatable bonds is 4. The third-order valence-corrected chi connectivity index (χ3v) is 4.93. The molecule has 0 saturated heterocycles. The van der Waals surface area contributed by atoms with Gasteiger partial charge in [-0.3, -0.25) is 5.10 Å². The summed E-state index contributed by atoms with van der Waals surface area (Å²) in [5.41, 5.74) is 5.68. The molecule has 3 heterocycles. The van der Waals surface area contributed by atoms with Gasteiger partial charge in [-0.1, -0.05) is 6.07 Å². The average Bonchev–Trinajstić information content (AvgIpc) is 3.33. The lowest BCUT2D eigenvalue weighted by atomic mass is 10.1. The van der Waals surface area contributed by atoms with E-state index >= 15 is 0 Å². The fourth-order valence-corrected chi connectivity index (χ4v) is 3.52. The maximum Gasteiger partial charge on any atom is 0.131 e. The minimum absolute atomic E-state index is 0.837. The molecule has 6 heteroatoms. The molecule has 0 saturated carbocycles. The monoisotopic (exact) mass is 357 g/mol. The van der Waals surface area contributed by atoms with E-state index in [4.69, 9.17) is 4.74 Å². The summed E-state index contributed by atoms with van der Waals surface area (Å²) in [5, 5.41) is 11.6. The number of hydrogen-bond donors (Lipinski definition) is 2. The molecule has 2 aromatic heterocycles. The molecular weight excluding hydrogens is 338 g/mol. The van der Waals surface area contributed by atoms with Crippen molar-refractivity contribution >= 4 is 28.1 Å². The first-order valence-corrected chi connectivity index (χ1v) is 8.85. The molecule has 2 N–H and O–H groups in total. The predicted octanol–water partition coefficient (Wildman–Crippen LogP) is 4.23. The van der Waals surface area contributed by atoms with Crippen molar-refractivity contribution in [3.8, 4) is 5.75 Å². The number of nitrogens with one attached hydrogen (secondary N) is 2. The van der Waals surface area contributed by atoms with Crippen LogP contribution in [-0.2, 0) is 13.1 Å². The molecule has 0 aliphatic carbocycles. The van der Waals surface area contributed by atoms with Gasteiger partial charge in [0.25, 0.3) is 0 Å². The molecular formula is C21H19N5O. The third-order valence-electron chi connectivity index (χ3n) is 4.93. The Morgan fingerprint density at radius 3 is 2.81 bits per heavy atom. The largest absolute Gasteiger partial charge is 0.497 e. The van der Waals surface area contributed by atoms with Gasteiger partial charge in [0, 0.05) is 42.1 Å². The highest BCUT2D eigenvalue weighted by molar-refractivity contribution is 5.83. The summed E-state index contributed by atoms with van der Waals surface area (Å²) >= 11 is 0. The lowest BCUT2D eigenvalue weighted by Crippen LogP contribution is -2.15. The smallest absolute Gasteiger partial charge is 0.131 e. The average molecular weight is 357 g/mol. The maximum atomic E-state index is 5.34. The molecule has 6 nitrogen and oxygen atoms in total. The maximum absolute atomic E-state index is 5.34. The molecule has 0 fully saturated rings. The molecule has 0 amide bonds. The number of ether oxygens (including phenoxy) is 1. The van der Waals surface area contributed by atoms with Crippen LogP contribution in [0.4, 0.5) is 17.2 Å². The van der Waals surface area contributed by atoms with Gasteiger partial charge in [0.1, 0.15) is 11.6 Å². The Morgan fingerprint density at radius 2 is 1.89 bits per heavy atom. The number of hydrogen-bond acceptors (Lipinski definition) is 5. The Labute approximate surface area is 156 Å². The first-order valence-electron chi connectivity index (χ1n) is 8.85. The topological polar surface area (TPSA) is 66.1 Å². The number of H-pyrrole nitrogens is 1. The van der Waals surface area contributed by atoms with Gasteiger partial charge in [-0.05, 0) is 47.5 Å². The normalized spacial score (nSPS) is 13.0. The number of pyridine rings is 1. The van der Waals surface area contributed by atoms with Crippen LogP contribution < -0.4 is 15.0 Å². The van der Waals surface area contributed by atoms with Gasteiger partial charge in [0.2, 0.25) is 0 Å². The number of methoxy groups -OCH3 is 1. The second-order valence-electron chi connectivity index (χ2n) is 6.69. The SMILES string of the molecule is COc1ccc2c(c1)CN(c1cc(Nc3ccc4[nH]ncc4c3)ccn1)C2. The van der Waals surface area contributed by atoms with Crippen LogP contribution in [0, 0.1) is 0 Å². The van der Waals surface area contributed by atoms with Gasteiger partial charge in [-0.15, -0.1) is 0 Å². The van der Waals surface area contributed by atoms with Crippen molar-refractivity contribution in [3.05, 3.63) is 72.1 Å². The Hall–Kier alpha value is -3.54. The van der Waals surface area contributed by atoms with Crippen molar-refractivity contribution in [1.29, 1.82) is 0 Å². The molecule has 0 atom stereocenters. The van der Waals surface area contributed by atoms with E-state index < -0.39 is 0 Å². The van der Waals surface area contributed by atoms with Gasteiger partial charge in [0.05, 0.1) is 18.8 Å². The second-order valence-corrected chi connectivity index (χ2v) is 6.69. The molecule has 2 aromatic carbocycles. The number of nitrogens with zero attached hydrogens (tertiary/aromatic N) is 3. The highest BCUT2D eigenvalue weighted by atomic mass is 16.5. The van der Waals surface area contributed by atoms with E-state index in [9.17, 15) is 0 Å². The number of aromatic amines is 1. The summed E-state index contributed by atoms with van der Waals surface area (Å²) in [4.78, 5) is 6.84. The Kier molecular flexibility index (Phi) is 3.67. The first kappa shape index (κ1) is 15.7. The zero-order chi connectivity index (χ0) is 18.2. The highest BCUT2D eigenvalue weighted by Gasteiger charge is 2.20. The van der Waals surface area contributed by atoms with E-state index in [2.05, 4.69) is 49.7 Å². The summed E-state index contributed by atoms with van der Waals surface area (Å²) in [6.45, 7) is 1.70. The van der Waals surface area contributed by atoms with Crippen LogP contribution in [0.2, 0.25) is 0 Å². The van der Waals surface area contributed by atoms with Crippen molar-refractivity contribution in [1.82, 2.24) is 15.2 Å². The number of aromatic nitrogens is 3. The summed E-state index contributed by atoms with van der Waals surface area (Å²) in [6.07, 6.45) is 3.67. The Balaban J connectivity index is 1.37. The Morgan fingerprint density at radius 1 is 1.00 bits per heavy atom. The molecule has 1 aliphatic heterocycles. The highest BCUT2D eigenvalue weighted by Crippen LogP contribution is 2.31. The van der Waals surface area contributed by atoms with E-state index in [0.29, 0.717) is 0 Å². The van der Waals surface area contributed by atoms with Crippen LogP contribution in [0.1, 0.15) is 11.1 Å². The van der Waals surface area contributed by atoms with E-state index in [0.717, 1.165) is 46.9 Å². The Bertz CT molecular complexity index is 1120. The molecule has 134 valence electrons. The standard InChI is InChI=1S/C21H19N5O/c1-27-19-4-2-14-12-26(13-16(14)9-19)21-10-18(6-7-22-21)24-17-3-5-20-15(8-17)11-23-25-20/h2-11H,12-13H2,1H3,(H,22,24)(H,23,25). The fourth-order valence-electron chi connectivity index (χ4n) is 3.52. The van der Waals surface area contributed by atoms with Crippen LogP contribution in [0.5, 0.6) is 5.75 Å². The number of fused-ring (bicyclic) bond motifs is 2. The van der Waals surface area contributed by atoms with Crippen LogP contribution in [-0.4, -0.2) is 22.3 Å². The minimum Gasteiger partial charge on any atom is -0.497 e. The van der Waals surface area contributed by atoms with Crippen molar-refractivity contribution in [2.45, 2.75) is 13.1 Å². The molecule has 0 unspecified atom stereocenters. The van der Waals surface area contributed by atoms with Crippen LogP contribution >= 0.6 is 0 Å². The number of benzene rings is 2. The lowest BCUT2D eigenvalue weighted by molar-refractivity contribution is 0.414. The first-order chi connectivity index (χ1) is 13.3. The van der Waals surface area contributed by atoms with Crippen molar-refractivity contribution in [3.63, 3.8) is 0 Å². The molecule has 1 aliphatic rings. The van der Waals surface area contributed by atoms with Gasteiger partial charge in [0.15, 0.2) is 0 Å². The van der Waals surface area contributed by atoms with Gasteiger partial charge < -0.3 is 15.0 Å². The summed E-state index contributed by atoms with van der Waals surface area (Å²) in [7, 11) is 1.70. The zero-order valence-electron chi connectivity index (χ0n) is 14.9. The van der Waals surface area contributed by atoms with Gasteiger partial charge >= 0.3 is 0 Å². The van der Waals surface area contributed by atoms with Crippen LogP contribution in [0.3, 0.4) is 0 Å².